The predicted octanol–water partition coefficient (Wildman–Crippen LogP) is 3.98. The molecule has 2 atom stereocenters. The third-order valence-corrected chi connectivity index (χ3v) is 3.93. The molecule has 0 saturated heterocycles. The number of nitrogens with zero attached hydrogens (tertiary/aromatic N) is 1. The van der Waals surface area contributed by atoms with Crippen LogP contribution in [0.5, 0.6) is 5.75 Å². The summed E-state index contributed by atoms with van der Waals surface area (Å²) in [6.07, 6.45) is 4.68. The number of benzene rings is 1. The van der Waals surface area contributed by atoms with Crippen molar-refractivity contribution in [1.29, 1.82) is 0 Å². The van der Waals surface area contributed by atoms with Crippen molar-refractivity contribution in [2.45, 2.75) is 45.6 Å². The molecule has 0 heterocycles. The van der Waals surface area contributed by atoms with Crippen molar-refractivity contribution in [1.82, 2.24) is 0 Å². The standard InChI is InChI=1S/C15H22N2O3/c1-3-20-14-10-6-9-13(15(14)17(18)19)16-12-8-5-4-7-11(12)2/h6,9-12,16H,3-5,7-8H2,1-2H3. The van der Waals surface area contributed by atoms with Crippen molar-refractivity contribution in [3.05, 3.63) is 28.3 Å². The van der Waals surface area contributed by atoms with E-state index in [1.807, 2.05) is 6.92 Å². The van der Waals surface area contributed by atoms with E-state index in [1.165, 1.54) is 19.3 Å². The lowest BCUT2D eigenvalue weighted by molar-refractivity contribution is -0.385. The highest BCUT2D eigenvalue weighted by Crippen LogP contribution is 2.37. The van der Waals surface area contributed by atoms with Crippen LogP contribution in [-0.4, -0.2) is 17.6 Å². The maximum Gasteiger partial charge on any atom is 0.333 e. The summed E-state index contributed by atoms with van der Waals surface area (Å²) in [5.41, 5.74) is 0.617. The Morgan fingerprint density at radius 1 is 1.40 bits per heavy atom. The van der Waals surface area contributed by atoms with Crippen LogP contribution >= 0.6 is 0 Å². The molecule has 2 rings (SSSR count). The van der Waals surface area contributed by atoms with Crippen molar-refractivity contribution in [3.8, 4) is 5.75 Å². The van der Waals surface area contributed by atoms with Gasteiger partial charge in [0, 0.05) is 6.04 Å². The Morgan fingerprint density at radius 2 is 2.15 bits per heavy atom. The van der Waals surface area contributed by atoms with Gasteiger partial charge in [0.2, 0.25) is 0 Å². The summed E-state index contributed by atoms with van der Waals surface area (Å²) in [5, 5.41) is 14.7. The fourth-order valence-corrected chi connectivity index (χ4v) is 2.83. The summed E-state index contributed by atoms with van der Waals surface area (Å²) < 4.78 is 5.37. The SMILES string of the molecule is CCOc1cccc(NC2CCCCC2C)c1[N+](=O)[O-]. The van der Waals surface area contributed by atoms with Crippen molar-refractivity contribution in [2.24, 2.45) is 5.92 Å². The minimum atomic E-state index is -0.360. The molecule has 1 saturated carbocycles. The van der Waals surface area contributed by atoms with Gasteiger partial charge in [0.1, 0.15) is 5.69 Å². The van der Waals surface area contributed by atoms with Gasteiger partial charge in [-0.05, 0) is 37.8 Å². The van der Waals surface area contributed by atoms with Gasteiger partial charge in [-0.3, -0.25) is 10.1 Å². The van der Waals surface area contributed by atoms with Gasteiger partial charge in [-0.2, -0.15) is 0 Å². The molecule has 1 fully saturated rings. The van der Waals surface area contributed by atoms with Crippen LogP contribution in [0.1, 0.15) is 39.5 Å². The first-order valence-electron chi connectivity index (χ1n) is 7.30. The second-order valence-electron chi connectivity index (χ2n) is 5.36. The van der Waals surface area contributed by atoms with Crippen molar-refractivity contribution in [2.75, 3.05) is 11.9 Å². The number of nitrogens with one attached hydrogen (secondary N) is 1. The third kappa shape index (κ3) is 3.21. The Morgan fingerprint density at radius 3 is 2.80 bits per heavy atom. The van der Waals surface area contributed by atoms with Gasteiger partial charge >= 0.3 is 5.69 Å². The minimum absolute atomic E-state index is 0.0483. The first-order valence-corrected chi connectivity index (χ1v) is 7.30. The molecule has 5 nitrogen and oxygen atoms in total. The van der Waals surface area contributed by atoms with Crippen molar-refractivity contribution in [3.63, 3.8) is 0 Å². The number of rotatable bonds is 5. The second-order valence-corrected chi connectivity index (χ2v) is 5.36. The highest BCUT2D eigenvalue weighted by molar-refractivity contribution is 5.68. The number of nitro benzene ring substituents is 1. The molecule has 0 radical (unpaired) electrons. The molecule has 1 N–H and O–H groups in total. The number of para-hydroxylation sites is 1. The van der Waals surface area contributed by atoms with Crippen molar-refractivity contribution < 1.29 is 9.66 Å². The van der Waals surface area contributed by atoms with E-state index < -0.39 is 0 Å². The summed E-state index contributed by atoms with van der Waals surface area (Å²) in [6.45, 7) is 4.45. The zero-order chi connectivity index (χ0) is 14.5. The van der Waals surface area contributed by atoms with Crippen LogP contribution < -0.4 is 10.1 Å². The van der Waals surface area contributed by atoms with Crippen LogP contribution in [0.4, 0.5) is 11.4 Å². The first kappa shape index (κ1) is 14.6. The van der Waals surface area contributed by atoms with Gasteiger partial charge in [-0.25, -0.2) is 0 Å². The van der Waals surface area contributed by atoms with Gasteiger partial charge in [-0.15, -0.1) is 0 Å². The van der Waals surface area contributed by atoms with E-state index in [9.17, 15) is 10.1 Å². The monoisotopic (exact) mass is 278 g/mol. The molecule has 0 bridgehead atoms. The maximum absolute atomic E-state index is 11.3. The Balaban J connectivity index is 2.26. The number of nitro groups is 1. The predicted molar refractivity (Wildman–Crippen MR) is 79.3 cm³/mol. The van der Waals surface area contributed by atoms with Gasteiger partial charge < -0.3 is 10.1 Å². The fourth-order valence-electron chi connectivity index (χ4n) is 2.83. The molecule has 1 aromatic carbocycles. The van der Waals surface area contributed by atoms with Gasteiger partial charge in [0.05, 0.1) is 11.5 Å². The number of ether oxygens (including phenoxy) is 1. The normalized spacial score (nSPS) is 22.3. The molecule has 0 spiro atoms. The van der Waals surface area contributed by atoms with E-state index in [-0.39, 0.29) is 10.6 Å². The van der Waals surface area contributed by atoms with E-state index in [1.54, 1.807) is 18.2 Å². The molecular formula is C15H22N2O3. The highest BCUT2D eigenvalue weighted by Gasteiger charge is 2.26. The molecule has 1 aliphatic rings. The van der Waals surface area contributed by atoms with E-state index >= 15 is 0 Å². The molecule has 2 unspecified atom stereocenters. The molecule has 110 valence electrons. The maximum atomic E-state index is 11.3. The second kappa shape index (κ2) is 6.59. The minimum Gasteiger partial charge on any atom is -0.487 e. The van der Waals surface area contributed by atoms with Crippen LogP contribution in [0, 0.1) is 16.0 Å². The number of hydrogen-bond donors (Lipinski definition) is 1. The quantitative estimate of drug-likeness (QED) is 0.653. The molecule has 0 amide bonds. The molecular weight excluding hydrogens is 256 g/mol. The third-order valence-electron chi connectivity index (χ3n) is 3.93. The van der Waals surface area contributed by atoms with E-state index in [0.29, 0.717) is 30.0 Å². The Bertz CT molecular complexity index is 476. The van der Waals surface area contributed by atoms with Gasteiger partial charge in [0.25, 0.3) is 0 Å². The molecule has 20 heavy (non-hydrogen) atoms. The van der Waals surface area contributed by atoms with Crippen LogP contribution in [0.15, 0.2) is 18.2 Å². The summed E-state index contributed by atoms with van der Waals surface area (Å²) in [6, 6.07) is 5.52. The Labute approximate surface area is 119 Å². The van der Waals surface area contributed by atoms with E-state index in [4.69, 9.17) is 4.74 Å². The van der Waals surface area contributed by atoms with E-state index in [0.717, 1.165) is 6.42 Å². The van der Waals surface area contributed by atoms with Crippen LogP contribution in [0.2, 0.25) is 0 Å². The lowest BCUT2D eigenvalue weighted by Gasteiger charge is -2.30. The van der Waals surface area contributed by atoms with Gasteiger partial charge in [0.15, 0.2) is 5.75 Å². The van der Waals surface area contributed by atoms with Gasteiger partial charge in [-0.1, -0.05) is 25.8 Å². The summed E-state index contributed by atoms with van der Waals surface area (Å²) in [4.78, 5) is 11.0. The summed E-state index contributed by atoms with van der Waals surface area (Å²) in [5.74, 6) is 0.880. The Kier molecular flexibility index (Phi) is 4.82. The number of hydrogen-bond acceptors (Lipinski definition) is 4. The van der Waals surface area contributed by atoms with E-state index in [2.05, 4.69) is 12.2 Å². The average Bonchev–Trinajstić information content (AvgIpc) is 2.41. The molecule has 0 aromatic heterocycles. The summed E-state index contributed by atoms with van der Waals surface area (Å²) >= 11 is 0. The zero-order valence-electron chi connectivity index (χ0n) is 12.1. The van der Waals surface area contributed by atoms with Crippen LogP contribution in [0.3, 0.4) is 0 Å². The smallest absolute Gasteiger partial charge is 0.333 e. The topological polar surface area (TPSA) is 64.4 Å². The molecule has 0 aliphatic heterocycles. The lowest BCUT2D eigenvalue weighted by Crippen LogP contribution is -2.30. The lowest BCUT2D eigenvalue weighted by atomic mass is 9.86. The first-order chi connectivity index (χ1) is 9.63. The van der Waals surface area contributed by atoms with Crippen LogP contribution in [-0.2, 0) is 0 Å². The molecule has 1 aliphatic carbocycles. The molecule has 1 aromatic rings. The number of anilines is 1. The fraction of sp³-hybridized carbons (Fsp3) is 0.600. The average molecular weight is 278 g/mol. The highest BCUT2D eigenvalue weighted by atomic mass is 16.6. The largest absolute Gasteiger partial charge is 0.487 e. The van der Waals surface area contributed by atoms with Crippen molar-refractivity contribution >= 4 is 11.4 Å². The van der Waals surface area contributed by atoms with Crippen LogP contribution in [0.25, 0.3) is 0 Å². The summed E-state index contributed by atoms with van der Waals surface area (Å²) in [7, 11) is 0. The Hall–Kier alpha value is -1.78. The zero-order valence-corrected chi connectivity index (χ0v) is 12.1. The molecule has 5 heteroatoms.